The fourth-order valence-electron chi connectivity index (χ4n) is 3.94. The van der Waals surface area contributed by atoms with Gasteiger partial charge in [0, 0.05) is 57.9 Å². The number of aromatic nitrogens is 3. The van der Waals surface area contributed by atoms with Crippen LogP contribution in [-0.2, 0) is 19.6 Å². The molecule has 46 heavy (non-hydrogen) atoms. The van der Waals surface area contributed by atoms with Gasteiger partial charge in [-0.1, -0.05) is 0 Å². The van der Waals surface area contributed by atoms with Gasteiger partial charge in [-0.2, -0.15) is 0 Å². The summed E-state index contributed by atoms with van der Waals surface area (Å²) >= 11 is 0. The molecule has 16 nitrogen and oxygen atoms in total. The van der Waals surface area contributed by atoms with E-state index in [0.717, 1.165) is 0 Å². The van der Waals surface area contributed by atoms with Crippen molar-refractivity contribution in [3.63, 3.8) is 0 Å². The summed E-state index contributed by atoms with van der Waals surface area (Å²) in [6.45, 7) is -0.862. The zero-order valence-electron chi connectivity index (χ0n) is 25.0. The van der Waals surface area contributed by atoms with Gasteiger partial charge in [-0.3, -0.25) is 34.2 Å². The maximum absolute atomic E-state index is 12.3. The van der Waals surface area contributed by atoms with Crippen LogP contribution in [0.25, 0.3) is 0 Å². The van der Waals surface area contributed by atoms with E-state index in [4.69, 9.17) is 15.3 Å². The number of aliphatic hydroxyl groups is 6. The molecule has 0 radical (unpaired) electrons. The molecule has 3 amide bonds. The first kappa shape index (κ1) is 36.1. The third kappa shape index (κ3) is 11.8. The van der Waals surface area contributed by atoms with Crippen molar-refractivity contribution >= 4 is 17.7 Å². The van der Waals surface area contributed by atoms with Gasteiger partial charge in [0.2, 0.25) is 0 Å². The normalized spacial score (nSPS) is 13.1. The van der Waals surface area contributed by atoms with Crippen LogP contribution in [-0.4, -0.2) is 126 Å². The zero-order valence-corrected chi connectivity index (χ0v) is 25.0. The molecule has 0 spiro atoms. The van der Waals surface area contributed by atoms with E-state index in [-0.39, 0.29) is 36.3 Å². The number of nitrogens with zero attached hydrogens (tertiary/aromatic N) is 4. The van der Waals surface area contributed by atoms with Crippen LogP contribution in [0, 0.1) is 0 Å². The van der Waals surface area contributed by atoms with Gasteiger partial charge in [-0.05, 0) is 36.4 Å². The van der Waals surface area contributed by atoms with Crippen LogP contribution in [0.4, 0.5) is 0 Å². The average Bonchev–Trinajstić information content (AvgIpc) is 3.08. The van der Waals surface area contributed by atoms with Crippen molar-refractivity contribution < 1.29 is 45.0 Å². The average molecular weight is 642 g/mol. The third-order valence-electron chi connectivity index (χ3n) is 6.54. The Balaban J connectivity index is 1.72. The van der Waals surface area contributed by atoms with E-state index in [2.05, 4.69) is 30.9 Å². The Morgan fingerprint density at radius 3 is 1.04 bits per heavy atom. The Bertz CT molecular complexity index is 1220. The van der Waals surface area contributed by atoms with E-state index in [0.29, 0.717) is 36.7 Å². The maximum atomic E-state index is 12.3. The van der Waals surface area contributed by atoms with Crippen molar-refractivity contribution in [1.29, 1.82) is 0 Å². The van der Waals surface area contributed by atoms with Crippen LogP contribution >= 0.6 is 0 Å². The maximum Gasteiger partial charge on any atom is 0.252 e. The van der Waals surface area contributed by atoms with E-state index in [1.165, 1.54) is 18.6 Å². The number of amides is 3. The lowest BCUT2D eigenvalue weighted by Gasteiger charge is -2.22. The lowest BCUT2D eigenvalue weighted by molar-refractivity contribution is 0.0798. The molecule has 0 aliphatic carbocycles. The topological polar surface area (TPSA) is 251 Å². The predicted molar refractivity (Wildman–Crippen MR) is 162 cm³/mol. The zero-order chi connectivity index (χ0) is 33.5. The highest BCUT2D eigenvalue weighted by Gasteiger charge is 2.16. The summed E-state index contributed by atoms with van der Waals surface area (Å²) < 4.78 is 0. The number of carbonyl (C=O) groups is 3. The molecule has 3 heterocycles. The van der Waals surface area contributed by atoms with Gasteiger partial charge in [0.15, 0.2) is 0 Å². The second-order valence-corrected chi connectivity index (χ2v) is 10.4. The summed E-state index contributed by atoms with van der Waals surface area (Å²) in [6, 6.07) is 9.77. The Hall–Kier alpha value is -4.42. The van der Waals surface area contributed by atoms with Crippen LogP contribution in [0.2, 0.25) is 0 Å². The minimum atomic E-state index is -1.07. The molecule has 0 fully saturated rings. The van der Waals surface area contributed by atoms with Crippen molar-refractivity contribution in [3.05, 3.63) is 88.8 Å². The molecule has 248 valence electrons. The first-order valence-corrected chi connectivity index (χ1v) is 14.4. The Morgan fingerprint density at radius 1 is 0.543 bits per heavy atom. The van der Waals surface area contributed by atoms with Gasteiger partial charge in [0.25, 0.3) is 17.7 Å². The monoisotopic (exact) mass is 641 g/mol. The molecule has 0 bridgehead atoms. The van der Waals surface area contributed by atoms with Gasteiger partial charge in [-0.25, -0.2) is 0 Å². The fourth-order valence-corrected chi connectivity index (χ4v) is 3.94. The van der Waals surface area contributed by atoms with Crippen molar-refractivity contribution in [3.8, 4) is 0 Å². The third-order valence-corrected chi connectivity index (χ3v) is 6.54. The number of hydrogen-bond donors (Lipinski definition) is 9. The fraction of sp³-hybridized carbons (Fsp3) is 0.400. The molecule has 3 rings (SSSR count). The van der Waals surface area contributed by atoms with Gasteiger partial charge in [0.05, 0.1) is 71.9 Å². The van der Waals surface area contributed by atoms with Crippen molar-refractivity contribution in [1.82, 2.24) is 35.8 Å². The number of carbonyl (C=O) groups excluding carboxylic acids is 3. The van der Waals surface area contributed by atoms with E-state index in [1.807, 2.05) is 4.90 Å². The summed E-state index contributed by atoms with van der Waals surface area (Å²) in [5.74, 6) is -1.37. The minimum absolute atomic E-state index is 0.110. The minimum Gasteiger partial charge on any atom is -0.394 e. The summed E-state index contributed by atoms with van der Waals surface area (Å²) in [7, 11) is 0. The van der Waals surface area contributed by atoms with Gasteiger partial charge >= 0.3 is 0 Å². The largest absolute Gasteiger partial charge is 0.394 e. The van der Waals surface area contributed by atoms with E-state index in [1.54, 1.807) is 36.4 Å². The van der Waals surface area contributed by atoms with Gasteiger partial charge in [-0.15, -0.1) is 0 Å². The molecular weight excluding hydrogens is 602 g/mol. The van der Waals surface area contributed by atoms with E-state index < -0.39 is 55.9 Å². The molecule has 0 saturated carbocycles. The van der Waals surface area contributed by atoms with Crippen LogP contribution in [0.15, 0.2) is 55.0 Å². The molecule has 3 aromatic rings. The lowest BCUT2D eigenvalue weighted by atomic mass is 10.2. The van der Waals surface area contributed by atoms with Crippen molar-refractivity contribution in [2.75, 3.05) is 39.5 Å². The molecular formula is C30H39N7O9. The molecule has 3 atom stereocenters. The van der Waals surface area contributed by atoms with Gasteiger partial charge in [0.1, 0.15) is 0 Å². The second kappa shape index (κ2) is 18.5. The van der Waals surface area contributed by atoms with Crippen molar-refractivity contribution in [2.45, 2.75) is 37.9 Å². The molecule has 0 saturated heterocycles. The molecule has 0 aliphatic rings. The Kier molecular flexibility index (Phi) is 14.5. The summed E-state index contributed by atoms with van der Waals surface area (Å²) in [4.78, 5) is 52.1. The molecule has 9 N–H and O–H groups in total. The van der Waals surface area contributed by atoms with Crippen molar-refractivity contribution in [2.24, 2.45) is 0 Å². The highest BCUT2D eigenvalue weighted by Crippen LogP contribution is 2.13. The molecule has 1 unspecified atom stereocenters. The van der Waals surface area contributed by atoms with Gasteiger partial charge < -0.3 is 46.6 Å². The van der Waals surface area contributed by atoms with E-state index >= 15 is 0 Å². The number of hydrogen-bond acceptors (Lipinski definition) is 13. The molecule has 0 aromatic carbocycles. The standard InChI is InChI=1S/C30H39N7O9/c38-16-25(41)10-34-28(44)19-1-4-22(31-7-19)13-37(14-23-5-2-20(8-32-23)29(45)35-11-26(42)17-39)15-24-6-3-21(9-33-24)30(46)36-12-27(43)18-40/h1-9,25-27,38-43H,10-18H2,(H,34,44)(H,35,45)(H,36,46)/t25-,26-,27?/m0/s1. The molecule has 16 heteroatoms. The van der Waals surface area contributed by atoms with E-state index in [9.17, 15) is 29.7 Å². The number of rotatable bonds is 18. The predicted octanol–water partition coefficient (Wildman–Crippen LogP) is -2.68. The van der Waals surface area contributed by atoms with Crippen LogP contribution in [0.3, 0.4) is 0 Å². The summed E-state index contributed by atoms with van der Waals surface area (Å²) in [5, 5.41) is 62.7. The quantitative estimate of drug-likeness (QED) is 0.0688. The second-order valence-electron chi connectivity index (χ2n) is 10.4. The lowest BCUT2D eigenvalue weighted by Crippen LogP contribution is -2.34. The highest BCUT2D eigenvalue weighted by molar-refractivity contribution is 5.94. The number of aliphatic hydroxyl groups excluding tert-OH is 6. The highest BCUT2D eigenvalue weighted by atomic mass is 16.3. The van der Waals surface area contributed by atoms with Crippen LogP contribution < -0.4 is 16.0 Å². The van der Waals surface area contributed by atoms with Crippen LogP contribution in [0.1, 0.15) is 48.2 Å². The molecule has 0 aliphatic heterocycles. The smallest absolute Gasteiger partial charge is 0.252 e. The number of pyridine rings is 3. The molecule has 3 aromatic heterocycles. The first-order chi connectivity index (χ1) is 22.1. The number of nitrogens with one attached hydrogen (secondary N) is 3. The summed E-state index contributed by atoms with van der Waals surface area (Å²) in [5.41, 5.74) is 2.65. The van der Waals surface area contributed by atoms with Crippen LogP contribution in [0.5, 0.6) is 0 Å². The summed E-state index contributed by atoms with van der Waals surface area (Å²) in [6.07, 6.45) is 0.971. The SMILES string of the molecule is O=C(NCC(O)CO)c1ccc(CN(Cc2ccc(C(=O)NC[C@H](O)CO)cn2)Cc2ccc(C(=O)NC[C@H](O)CO)cn2)nc1. The first-order valence-electron chi connectivity index (χ1n) is 14.4. The Morgan fingerprint density at radius 2 is 0.826 bits per heavy atom. The Labute approximate surface area is 264 Å².